The topological polar surface area (TPSA) is 85.4 Å². The highest BCUT2D eigenvalue weighted by atomic mass is 19.4. The summed E-state index contributed by atoms with van der Waals surface area (Å²) >= 11 is 0. The van der Waals surface area contributed by atoms with E-state index in [0.717, 1.165) is 6.07 Å². The number of anilines is 1. The Hall–Kier alpha value is -3.23. The molecule has 1 saturated heterocycles. The summed E-state index contributed by atoms with van der Waals surface area (Å²) in [5, 5.41) is 5.74. The zero-order valence-corrected chi connectivity index (χ0v) is 19.8. The number of benzene rings is 1. The summed E-state index contributed by atoms with van der Waals surface area (Å²) in [5.41, 5.74) is -0.759. The first-order valence-corrected chi connectivity index (χ1v) is 11.4. The molecule has 0 radical (unpaired) electrons. The second kappa shape index (κ2) is 10.0. The van der Waals surface area contributed by atoms with Gasteiger partial charge in [-0.15, -0.1) is 6.42 Å². The van der Waals surface area contributed by atoms with Crippen molar-refractivity contribution in [3.63, 3.8) is 0 Å². The molecule has 192 valence electrons. The maximum atomic E-state index is 13.5. The normalized spacial score (nSPS) is 17.9. The number of carbonyl (C=O) groups is 1. The van der Waals surface area contributed by atoms with E-state index in [-0.39, 0.29) is 23.4 Å². The molecule has 1 atom stereocenters. The second-order valence-electron chi connectivity index (χ2n) is 8.95. The van der Waals surface area contributed by atoms with Gasteiger partial charge in [-0.1, -0.05) is 18.1 Å². The molecular formula is C25H26F4N4O3. The van der Waals surface area contributed by atoms with Crippen LogP contribution in [0.25, 0.3) is 0 Å². The van der Waals surface area contributed by atoms with Crippen molar-refractivity contribution < 1.29 is 31.8 Å². The number of alkyl halides is 4. The van der Waals surface area contributed by atoms with Crippen molar-refractivity contribution >= 4 is 11.7 Å². The second-order valence-corrected chi connectivity index (χ2v) is 8.95. The van der Waals surface area contributed by atoms with E-state index in [0.29, 0.717) is 43.1 Å². The molecule has 11 heteroatoms. The number of amides is 1. The van der Waals surface area contributed by atoms with Gasteiger partial charge in [-0.3, -0.25) is 4.79 Å². The fraction of sp³-hybridized carbons (Fsp3) is 0.480. The van der Waals surface area contributed by atoms with Crippen LogP contribution in [0.3, 0.4) is 0 Å². The quantitative estimate of drug-likeness (QED) is 0.414. The smallest absolute Gasteiger partial charge is 0.352 e. The van der Waals surface area contributed by atoms with Gasteiger partial charge in [0.25, 0.3) is 0 Å². The third-order valence-corrected chi connectivity index (χ3v) is 6.28. The van der Waals surface area contributed by atoms with Gasteiger partial charge in [0.2, 0.25) is 5.91 Å². The Morgan fingerprint density at radius 1 is 1.25 bits per heavy atom. The summed E-state index contributed by atoms with van der Waals surface area (Å²) in [6, 6.07) is 2.82. The van der Waals surface area contributed by atoms with Gasteiger partial charge in [-0.2, -0.15) is 13.2 Å². The highest BCUT2D eigenvalue weighted by molar-refractivity contribution is 5.80. The van der Waals surface area contributed by atoms with Crippen LogP contribution in [0.5, 0.6) is 0 Å². The summed E-state index contributed by atoms with van der Waals surface area (Å²) in [7, 11) is 0. The van der Waals surface area contributed by atoms with E-state index in [1.54, 1.807) is 6.92 Å². The zero-order valence-electron chi connectivity index (χ0n) is 19.8. The average molecular weight is 507 g/mol. The molecular weight excluding hydrogens is 480 g/mol. The molecule has 4 rings (SSSR count). The Balaban J connectivity index is 1.70. The highest BCUT2D eigenvalue weighted by Gasteiger charge is 2.44. The highest BCUT2D eigenvalue weighted by Crippen LogP contribution is 2.38. The number of halogens is 4. The molecule has 0 spiro atoms. The fourth-order valence-corrected chi connectivity index (χ4v) is 4.21. The van der Waals surface area contributed by atoms with Crippen molar-refractivity contribution in [3.8, 4) is 12.3 Å². The van der Waals surface area contributed by atoms with E-state index in [4.69, 9.17) is 15.9 Å². The molecule has 1 aliphatic carbocycles. The lowest BCUT2D eigenvalue weighted by atomic mass is 9.96. The maximum Gasteiger partial charge on any atom is 0.416 e. The SMILES string of the molecule is C#C[C@@H](Nc1nc(C)nc(CC(=O)NC2(CF)CC2)c1C1OCCO1)c1cccc(C(F)(F)F)c1C. The van der Waals surface area contributed by atoms with Gasteiger partial charge in [0.1, 0.15) is 24.4 Å². The van der Waals surface area contributed by atoms with E-state index in [1.807, 2.05) is 0 Å². The standard InChI is InChI=1S/C25H26F4N4O3/c1-4-18(16-6-5-7-17(14(16)2)25(27,28)29)32-22-21(23-35-10-11-36-23)19(30-15(3)31-22)12-20(34)33-24(13-26)8-9-24/h1,5-7,18,23H,8-13H2,2-3H3,(H,33,34)(H,30,31,32)/t18-/m1/s1. The van der Waals surface area contributed by atoms with E-state index < -0.39 is 42.2 Å². The minimum Gasteiger partial charge on any atom is -0.352 e. The Morgan fingerprint density at radius 2 is 1.94 bits per heavy atom. The van der Waals surface area contributed by atoms with Gasteiger partial charge >= 0.3 is 6.18 Å². The molecule has 2 fully saturated rings. The van der Waals surface area contributed by atoms with Gasteiger partial charge < -0.3 is 20.1 Å². The van der Waals surface area contributed by atoms with Crippen molar-refractivity contribution in [2.24, 2.45) is 0 Å². The van der Waals surface area contributed by atoms with Crippen LogP contribution in [0.4, 0.5) is 23.4 Å². The number of ether oxygens (including phenoxy) is 2. The van der Waals surface area contributed by atoms with Crippen molar-refractivity contribution in [3.05, 3.63) is 52.0 Å². The fourth-order valence-electron chi connectivity index (χ4n) is 4.21. The van der Waals surface area contributed by atoms with Crippen LogP contribution in [-0.2, 0) is 26.9 Å². The lowest BCUT2D eigenvalue weighted by molar-refractivity contribution is -0.138. The van der Waals surface area contributed by atoms with Gasteiger partial charge in [-0.05, 0) is 43.9 Å². The van der Waals surface area contributed by atoms with Gasteiger partial charge in [0, 0.05) is 0 Å². The number of aryl methyl sites for hydroxylation is 1. The summed E-state index contributed by atoms with van der Waals surface area (Å²) < 4.78 is 65.0. The Labute approximate surface area is 206 Å². The third kappa shape index (κ3) is 5.44. The van der Waals surface area contributed by atoms with Gasteiger partial charge in [0.05, 0.1) is 42.0 Å². The van der Waals surface area contributed by atoms with Crippen LogP contribution < -0.4 is 10.6 Å². The lowest BCUT2D eigenvalue weighted by Crippen LogP contribution is -2.39. The first-order chi connectivity index (χ1) is 17.1. The molecule has 2 aromatic rings. The first kappa shape index (κ1) is 25.9. The van der Waals surface area contributed by atoms with Gasteiger partial charge in [-0.25, -0.2) is 14.4 Å². The molecule has 1 aromatic heterocycles. The summed E-state index contributed by atoms with van der Waals surface area (Å²) in [4.78, 5) is 21.5. The van der Waals surface area contributed by atoms with E-state index in [1.165, 1.54) is 19.1 Å². The molecule has 1 aromatic carbocycles. The molecule has 2 aliphatic rings. The van der Waals surface area contributed by atoms with Gasteiger partial charge in [0.15, 0.2) is 6.29 Å². The molecule has 1 saturated carbocycles. The molecule has 36 heavy (non-hydrogen) atoms. The van der Waals surface area contributed by atoms with Crippen molar-refractivity contribution in [2.45, 2.75) is 57.2 Å². The average Bonchev–Trinajstić information content (AvgIpc) is 3.37. The molecule has 7 nitrogen and oxygen atoms in total. The number of nitrogens with zero attached hydrogens (tertiary/aromatic N) is 2. The van der Waals surface area contributed by atoms with Crippen LogP contribution in [0.1, 0.15) is 58.9 Å². The number of hydrogen-bond acceptors (Lipinski definition) is 6. The number of rotatable bonds is 8. The predicted molar refractivity (Wildman–Crippen MR) is 123 cm³/mol. The number of terminal acetylenes is 1. The molecule has 2 N–H and O–H groups in total. The largest absolute Gasteiger partial charge is 0.416 e. The van der Waals surface area contributed by atoms with Crippen LogP contribution in [0.2, 0.25) is 0 Å². The van der Waals surface area contributed by atoms with Crippen molar-refractivity contribution in [2.75, 3.05) is 25.2 Å². The number of aromatic nitrogens is 2. The number of nitrogens with one attached hydrogen (secondary N) is 2. The number of carbonyl (C=O) groups excluding carboxylic acids is 1. The van der Waals surface area contributed by atoms with E-state index >= 15 is 0 Å². The Kier molecular flexibility index (Phi) is 7.20. The molecule has 1 amide bonds. The van der Waals surface area contributed by atoms with Crippen molar-refractivity contribution in [1.29, 1.82) is 0 Å². The lowest BCUT2D eigenvalue weighted by Gasteiger charge is -2.24. The summed E-state index contributed by atoms with van der Waals surface area (Å²) in [6.45, 7) is 2.89. The molecule has 0 unspecified atom stereocenters. The first-order valence-electron chi connectivity index (χ1n) is 11.4. The monoisotopic (exact) mass is 506 g/mol. The molecule has 0 bridgehead atoms. The Morgan fingerprint density at radius 3 is 2.53 bits per heavy atom. The minimum absolute atomic E-state index is 0.0123. The minimum atomic E-state index is -4.54. The van der Waals surface area contributed by atoms with E-state index in [9.17, 15) is 22.4 Å². The molecule has 2 heterocycles. The van der Waals surface area contributed by atoms with E-state index in [2.05, 4.69) is 26.5 Å². The van der Waals surface area contributed by atoms with Crippen molar-refractivity contribution in [1.82, 2.24) is 15.3 Å². The molecule has 1 aliphatic heterocycles. The summed E-state index contributed by atoms with van der Waals surface area (Å²) in [6.07, 6.45) is 1.21. The van der Waals surface area contributed by atoms with Crippen LogP contribution in [0.15, 0.2) is 18.2 Å². The van der Waals surface area contributed by atoms with Crippen LogP contribution in [-0.4, -0.2) is 41.3 Å². The van der Waals surface area contributed by atoms with Crippen LogP contribution in [0, 0.1) is 26.2 Å². The summed E-state index contributed by atoms with van der Waals surface area (Å²) in [5.74, 6) is 2.55. The number of hydrogen-bond donors (Lipinski definition) is 2. The predicted octanol–water partition coefficient (Wildman–Crippen LogP) is 4.10. The third-order valence-electron chi connectivity index (χ3n) is 6.28. The van der Waals surface area contributed by atoms with Crippen LogP contribution >= 0.6 is 0 Å². The zero-order chi connectivity index (χ0) is 26.1. The maximum absolute atomic E-state index is 13.5. The Bertz CT molecular complexity index is 1190.